The van der Waals surface area contributed by atoms with Crippen molar-refractivity contribution in [3.05, 3.63) is 82.2 Å². The Morgan fingerprint density at radius 2 is 1.52 bits per heavy atom. The maximum atomic E-state index is 12.8. The fraction of sp³-hybridized carbons (Fsp3) is 0.516. The molecule has 2 aromatic carbocycles. The fourth-order valence-corrected chi connectivity index (χ4v) is 5.15. The van der Waals surface area contributed by atoms with Crippen LogP contribution in [0.15, 0.2) is 65.8 Å². The third-order valence-corrected chi connectivity index (χ3v) is 7.32. The molecule has 0 spiro atoms. The summed E-state index contributed by atoms with van der Waals surface area (Å²) in [5.74, 6) is -2.22. The SMILES string of the molecule is COC(=O)C1O[C@@H](O[C@@H]2C(COC(C)=O)OCC(N=[N+]=[N-])C2OC(C)=O)C(OCc2ccccc2)C(OCc2ccccc2)[C@@H]1O. The maximum Gasteiger partial charge on any atom is 0.337 e. The van der Waals surface area contributed by atoms with Gasteiger partial charge < -0.3 is 43.0 Å². The summed E-state index contributed by atoms with van der Waals surface area (Å²) in [7, 11) is 1.14. The Morgan fingerprint density at radius 1 is 0.913 bits per heavy atom. The Balaban J connectivity index is 1.73. The summed E-state index contributed by atoms with van der Waals surface area (Å²) in [6, 6.07) is 17.3. The molecule has 0 radical (unpaired) electrons. The molecule has 2 fully saturated rings. The number of methoxy groups -OCH3 is 1. The molecule has 15 heteroatoms. The third kappa shape index (κ3) is 9.23. The first-order valence-electron chi connectivity index (χ1n) is 14.6. The van der Waals surface area contributed by atoms with Crippen molar-refractivity contribution >= 4 is 17.9 Å². The Labute approximate surface area is 265 Å². The minimum Gasteiger partial charge on any atom is -0.467 e. The molecule has 1 N–H and O–H groups in total. The molecule has 46 heavy (non-hydrogen) atoms. The number of hydrogen-bond acceptors (Lipinski definition) is 13. The number of azide groups is 1. The van der Waals surface area contributed by atoms with Gasteiger partial charge in [-0.2, -0.15) is 0 Å². The van der Waals surface area contributed by atoms with Gasteiger partial charge in [-0.05, 0) is 16.7 Å². The van der Waals surface area contributed by atoms with Crippen molar-refractivity contribution < 1.29 is 57.4 Å². The van der Waals surface area contributed by atoms with E-state index in [2.05, 4.69) is 10.0 Å². The Hall–Kier alpha value is -4.08. The van der Waals surface area contributed by atoms with E-state index in [1.165, 1.54) is 13.8 Å². The fourth-order valence-electron chi connectivity index (χ4n) is 5.15. The number of carbonyl (C=O) groups is 3. The second-order valence-electron chi connectivity index (χ2n) is 10.6. The highest BCUT2D eigenvalue weighted by atomic mass is 16.7. The van der Waals surface area contributed by atoms with E-state index >= 15 is 0 Å². The first kappa shape index (κ1) is 34.8. The van der Waals surface area contributed by atoms with Crippen molar-refractivity contribution in [3.63, 3.8) is 0 Å². The standard InChI is InChI=1S/C31H37N3O12/c1-18(35)40-17-23-26(25(44-19(2)36)22(16-41-23)33-34-32)45-31-29(43-15-21-12-8-5-9-13-21)27(24(37)28(46-31)30(38)39-3)42-14-20-10-6-4-7-11-20/h4-13,22-29,31,37H,14-17H2,1-3H3/t22?,23?,24-,25?,26+,27?,28?,29?,31+/m0/s1. The quantitative estimate of drug-likeness (QED) is 0.110. The molecule has 248 valence electrons. The molecule has 2 aliphatic rings. The highest BCUT2D eigenvalue weighted by Crippen LogP contribution is 2.33. The van der Waals surface area contributed by atoms with Crippen molar-refractivity contribution in [2.45, 2.75) is 82.1 Å². The molecule has 0 aliphatic carbocycles. The smallest absolute Gasteiger partial charge is 0.337 e. The highest BCUT2D eigenvalue weighted by molar-refractivity contribution is 5.75. The number of aliphatic hydroxyl groups is 1. The highest BCUT2D eigenvalue weighted by Gasteiger charge is 2.54. The number of ether oxygens (including phenoxy) is 8. The molecule has 2 heterocycles. The van der Waals surface area contributed by atoms with Crippen molar-refractivity contribution in [2.75, 3.05) is 20.3 Å². The lowest BCUT2D eigenvalue weighted by molar-refractivity contribution is -0.339. The van der Waals surface area contributed by atoms with Gasteiger partial charge in [0.05, 0.1) is 26.9 Å². The van der Waals surface area contributed by atoms with Crippen LogP contribution in [0.5, 0.6) is 0 Å². The Morgan fingerprint density at radius 3 is 2.07 bits per heavy atom. The average molecular weight is 644 g/mol. The van der Waals surface area contributed by atoms with Crippen molar-refractivity contribution in [2.24, 2.45) is 5.11 Å². The molecule has 15 nitrogen and oxygen atoms in total. The lowest BCUT2D eigenvalue weighted by Crippen LogP contribution is -2.65. The molecule has 0 amide bonds. The number of benzene rings is 2. The van der Waals surface area contributed by atoms with Gasteiger partial charge in [-0.15, -0.1) is 0 Å². The molecule has 6 unspecified atom stereocenters. The molecule has 9 atom stereocenters. The molecular weight excluding hydrogens is 606 g/mol. The van der Waals surface area contributed by atoms with Gasteiger partial charge in [0.2, 0.25) is 0 Å². The van der Waals surface area contributed by atoms with Crippen molar-refractivity contribution in [3.8, 4) is 0 Å². The van der Waals surface area contributed by atoms with Crippen molar-refractivity contribution in [1.82, 2.24) is 0 Å². The van der Waals surface area contributed by atoms with E-state index in [0.717, 1.165) is 18.2 Å². The van der Waals surface area contributed by atoms with Crippen LogP contribution in [0.3, 0.4) is 0 Å². The number of carbonyl (C=O) groups excluding carboxylic acids is 3. The normalized spacial score (nSPS) is 29.2. The summed E-state index contributed by atoms with van der Waals surface area (Å²) in [6.45, 7) is 1.94. The molecule has 0 saturated carbocycles. The number of esters is 3. The first-order chi connectivity index (χ1) is 22.2. The van der Waals surface area contributed by atoms with Crippen LogP contribution in [-0.2, 0) is 65.5 Å². The molecule has 0 bridgehead atoms. The monoisotopic (exact) mass is 643 g/mol. The number of rotatable bonds is 13. The molecular formula is C31H37N3O12. The van der Waals surface area contributed by atoms with E-state index in [1.807, 2.05) is 60.7 Å². The number of hydrogen-bond donors (Lipinski definition) is 1. The second kappa shape index (κ2) is 17.0. The van der Waals surface area contributed by atoms with Crippen LogP contribution < -0.4 is 0 Å². The van der Waals surface area contributed by atoms with Gasteiger partial charge in [-0.25, -0.2) is 4.79 Å². The maximum absolute atomic E-state index is 12.8. The van der Waals surface area contributed by atoms with Crippen LogP contribution in [0.4, 0.5) is 0 Å². The van der Waals surface area contributed by atoms with Gasteiger partial charge in [-0.1, -0.05) is 65.8 Å². The van der Waals surface area contributed by atoms with E-state index in [-0.39, 0.29) is 26.4 Å². The zero-order chi connectivity index (χ0) is 33.1. The predicted molar refractivity (Wildman–Crippen MR) is 156 cm³/mol. The van der Waals surface area contributed by atoms with Gasteiger partial charge in [0.15, 0.2) is 12.4 Å². The molecule has 2 aromatic rings. The minimum atomic E-state index is -1.58. The van der Waals surface area contributed by atoms with Crippen LogP contribution in [0, 0.1) is 0 Å². The molecule has 0 aromatic heterocycles. The van der Waals surface area contributed by atoms with E-state index < -0.39 is 73.0 Å². The summed E-state index contributed by atoms with van der Waals surface area (Å²) in [6.07, 6.45) is -10.6. The number of nitrogens with zero attached hydrogens (tertiary/aromatic N) is 3. The zero-order valence-electron chi connectivity index (χ0n) is 25.6. The lowest BCUT2D eigenvalue weighted by atomic mass is 9.96. The van der Waals surface area contributed by atoms with Crippen LogP contribution >= 0.6 is 0 Å². The summed E-state index contributed by atoms with van der Waals surface area (Å²) < 4.78 is 46.3. The van der Waals surface area contributed by atoms with Gasteiger partial charge in [0.1, 0.15) is 49.3 Å². The van der Waals surface area contributed by atoms with Gasteiger partial charge in [0, 0.05) is 18.8 Å². The van der Waals surface area contributed by atoms with Crippen LogP contribution in [-0.4, -0.2) is 98.4 Å². The summed E-state index contributed by atoms with van der Waals surface area (Å²) in [5.41, 5.74) is 10.8. The largest absolute Gasteiger partial charge is 0.467 e. The Bertz CT molecular complexity index is 1340. The molecule has 2 aliphatic heterocycles. The average Bonchev–Trinajstić information content (AvgIpc) is 3.05. The zero-order valence-corrected chi connectivity index (χ0v) is 25.6. The Kier molecular flexibility index (Phi) is 12.9. The molecule has 2 saturated heterocycles. The first-order valence-corrected chi connectivity index (χ1v) is 14.6. The summed E-state index contributed by atoms with van der Waals surface area (Å²) in [5, 5.41) is 15.1. The summed E-state index contributed by atoms with van der Waals surface area (Å²) >= 11 is 0. The second-order valence-corrected chi connectivity index (χ2v) is 10.6. The van der Waals surface area contributed by atoms with Crippen LogP contribution in [0.25, 0.3) is 10.4 Å². The van der Waals surface area contributed by atoms with Gasteiger partial charge in [-0.3, -0.25) is 9.59 Å². The van der Waals surface area contributed by atoms with Crippen LogP contribution in [0.1, 0.15) is 25.0 Å². The minimum absolute atomic E-state index is 0.0301. The van der Waals surface area contributed by atoms with E-state index in [4.69, 9.17) is 37.9 Å². The predicted octanol–water partition coefficient (Wildman–Crippen LogP) is 2.37. The topological polar surface area (TPSA) is 194 Å². The molecule has 4 rings (SSSR count). The van der Waals surface area contributed by atoms with Gasteiger partial charge >= 0.3 is 17.9 Å². The number of aliphatic hydroxyl groups excluding tert-OH is 1. The van der Waals surface area contributed by atoms with E-state index in [9.17, 15) is 25.0 Å². The summed E-state index contributed by atoms with van der Waals surface area (Å²) in [4.78, 5) is 39.6. The third-order valence-electron chi connectivity index (χ3n) is 7.32. The van der Waals surface area contributed by atoms with E-state index in [1.54, 1.807) is 0 Å². The van der Waals surface area contributed by atoms with Gasteiger partial charge in [0.25, 0.3) is 0 Å². The lowest BCUT2D eigenvalue weighted by Gasteiger charge is -2.47. The van der Waals surface area contributed by atoms with Crippen LogP contribution in [0.2, 0.25) is 0 Å². The van der Waals surface area contributed by atoms with Crippen molar-refractivity contribution in [1.29, 1.82) is 0 Å². The van der Waals surface area contributed by atoms with E-state index in [0.29, 0.717) is 0 Å².